The van der Waals surface area contributed by atoms with Crippen molar-refractivity contribution in [3.63, 3.8) is 0 Å². The van der Waals surface area contributed by atoms with Gasteiger partial charge in [-0.15, -0.1) is 10.2 Å². The number of hydrogen-bond acceptors (Lipinski definition) is 6. The molecule has 0 aromatic carbocycles. The molecule has 0 fully saturated rings. The summed E-state index contributed by atoms with van der Waals surface area (Å²) in [7, 11) is 0. The van der Waals surface area contributed by atoms with E-state index in [-0.39, 0.29) is 6.04 Å². The maximum absolute atomic E-state index is 6.08. The van der Waals surface area contributed by atoms with E-state index < -0.39 is 0 Å². The summed E-state index contributed by atoms with van der Waals surface area (Å²) < 4.78 is 0. The molecular weight excluding hydrogens is 254 g/mol. The van der Waals surface area contributed by atoms with E-state index in [1.807, 2.05) is 6.92 Å². The van der Waals surface area contributed by atoms with Crippen LogP contribution >= 0.6 is 11.6 Å². The predicted molar refractivity (Wildman–Crippen MR) is 67.3 cm³/mol. The normalized spacial score (nSPS) is 12.4. The van der Waals surface area contributed by atoms with Crippen molar-refractivity contribution in [3.8, 4) is 0 Å². The molecule has 1 atom stereocenters. The first-order valence-corrected chi connectivity index (χ1v) is 6.09. The first-order chi connectivity index (χ1) is 8.72. The molecule has 2 aromatic rings. The molecule has 0 aliphatic rings. The molecule has 0 saturated heterocycles. The van der Waals surface area contributed by atoms with Gasteiger partial charge < -0.3 is 5.32 Å². The highest BCUT2D eigenvalue weighted by molar-refractivity contribution is 6.30. The van der Waals surface area contributed by atoms with Crippen LogP contribution in [0.4, 0.5) is 5.82 Å². The van der Waals surface area contributed by atoms with Gasteiger partial charge in [-0.2, -0.15) is 5.21 Å². The van der Waals surface area contributed by atoms with Crippen LogP contribution in [0.15, 0.2) is 6.33 Å². The smallest absolute Gasteiger partial charge is 0.196 e. The van der Waals surface area contributed by atoms with E-state index in [9.17, 15) is 0 Å². The number of aromatic nitrogens is 6. The summed E-state index contributed by atoms with van der Waals surface area (Å²) in [5.41, 5.74) is 0.914. The van der Waals surface area contributed by atoms with Crippen molar-refractivity contribution in [2.75, 3.05) is 5.32 Å². The van der Waals surface area contributed by atoms with Crippen LogP contribution in [0.3, 0.4) is 0 Å². The van der Waals surface area contributed by atoms with Crippen molar-refractivity contribution in [2.24, 2.45) is 0 Å². The molecule has 0 saturated carbocycles. The van der Waals surface area contributed by atoms with Crippen molar-refractivity contribution in [1.29, 1.82) is 0 Å². The highest BCUT2D eigenvalue weighted by Gasteiger charge is 2.15. The third-order valence-corrected chi connectivity index (χ3v) is 2.82. The van der Waals surface area contributed by atoms with Crippen molar-refractivity contribution in [3.05, 3.63) is 22.9 Å². The number of anilines is 1. The fourth-order valence-electron chi connectivity index (χ4n) is 1.61. The van der Waals surface area contributed by atoms with E-state index in [4.69, 9.17) is 11.6 Å². The number of H-pyrrole nitrogens is 1. The Morgan fingerprint density at radius 2 is 2.28 bits per heavy atom. The molecule has 1 unspecified atom stereocenters. The lowest BCUT2D eigenvalue weighted by atomic mass is 10.2. The van der Waals surface area contributed by atoms with Gasteiger partial charge in [-0.25, -0.2) is 9.97 Å². The summed E-state index contributed by atoms with van der Waals surface area (Å²) in [6.45, 7) is 4.01. The van der Waals surface area contributed by atoms with E-state index in [2.05, 4.69) is 42.8 Å². The summed E-state index contributed by atoms with van der Waals surface area (Å²) in [5.74, 6) is 1.29. The molecule has 0 amide bonds. The minimum atomic E-state index is -0.106. The Hall–Kier alpha value is -1.76. The number of tetrazole rings is 1. The quantitative estimate of drug-likeness (QED) is 0.802. The summed E-state index contributed by atoms with van der Waals surface area (Å²) in [5, 5.41) is 17.5. The highest BCUT2D eigenvalue weighted by atomic mass is 35.5. The van der Waals surface area contributed by atoms with Gasteiger partial charge in [0.05, 0.1) is 6.04 Å². The van der Waals surface area contributed by atoms with Crippen LogP contribution in [0, 0.1) is 0 Å². The van der Waals surface area contributed by atoms with E-state index in [0.717, 1.165) is 18.4 Å². The monoisotopic (exact) mass is 267 g/mol. The summed E-state index contributed by atoms with van der Waals surface area (Å²) >= 11 is 6.08. The fourth-order valence-corrected chi connectivity index (χ4v) is 1.84. The molecule has 0 bridgehead atoms. The average molecular weight is 268 g/mol. The third-order valence-electron chi connectivity index (χ3n) is 2.50. The van der Waals surface area contributed by atoms with Gasteiger partial charge in [-0.1, -0.05) is 30.2 Å². The van der Waals surface area contributed by atoms with Gasteiger partial charge in [-0.3, -0.25) is 0 Å². The molecule has 18 heavy (non-hydrogen) atoms. The van der Waals surface area contributed by atoms with Crippen LogP contribution in [0.1, 0.15) is 37.7 Å². The Morgan fingerprint density at radius 3 is 2.94 bits per heavy atom. The first kappa shape index (κ1) is 12.7. The fraction of sp³-hybridized carbons (Fsp3) is 0.500. The number of nitrogens with zero attached hydrogens (tertiary/aromatic N) is 5. The molecule has 2 aromatic heterocycles. The number of halogens is 1. The predicted octanol–water partition coefficient (Wildman–Crippen LogP) is 1.77. The molecule has 0 spiro atoms. The second-order valence-corrected chi connectivity index (χ2v) is 4.24. The lowest BCUT2D eigenvalue weighted by Gasteiger charge is -2.14. The Kier molecular flexibility index (Phi) is 4.03. The molecule has 2 heterocycles. The Balaban J connectivity index is 2.20. The van der Waals surface area contributed by atoms with Gasteiger partial charge in [0.15, 0.2) is 5.82 Å². The second kappa shape index (κ2) is 5.72. The lowest BCUT2D eigenvalue weighted by Crippen LogP contribution is -2.12. The van der Waals surface area contributed by atoms with Crippen LogP contribution in [0.25, 0.3) is 0 Å². The van der Waals surface area contributed by atoms with Crippen molar-refractivity contribution < 1.29 is 0 Å². The van der Waals surface area contributed by atoms with Crippen molar-refractivity contribution in [1.82, 2.24) is 30.6 Å². The standard InChI is InChI=1S/C10H14ClN7/c1-3-4-7-8(11)12-5-13-10(7)14-6(2)9-15-17-18-16-9/h5-6H,3-4H2,1-2H3,(H,12,13,14)(H,15,16,17,18). The SMILES string of the molecule is CCCc1c(Cl)ncnc1NC(C)c1nn[nH]n1. The molecule has 96 valence electrons. The summed E-state index contributed by atoms with van der Waals surface area (Å²) in [6, 6.07) is -0.106. The molecule has 2 N–H and O–H groups in total. The maximum Gasteiger partial charge on any atom is 0.196 e. The molecule has 7 nitrogen and oxygen atoms in total. The Bertz CT molecular complexity index is 499. The third kappa shape index (κ3) is 2.73. The largest absolute Gasteiger partial charge is 0.360 e. The van der Waals surface area contributed by atoms with Gasteiger partial charge in [-0.05, 0) is 13.3 Å². The molecule has 0 aliphatic carbocycles. The number of aromatic amines is 1. The van der Waals surface area contributed by atoms with Crippen molar-refractivity contribution >= 4 is 17.4 Å². The van der Waals surface area contributed by atoms with Crippen molar-refractivity contribution in [2.45, 2.75) is 32.7 Å². The minimum Gasteiger partial charge on any atom is -0.360 e. The zero-order valence-electron chi connectivity index (χ0n) is 10.2. The van der Waals surface area contributed by atoms with Crippen LogP contribution < -0.4 is 5.32 Å². The van der Waals surface area contributed by atoms with Gasteiger partial charge >= 0.3 is 0 Å². The van der Waals surface area contributed by atoms with E-state index in [1.54, 1.807) is 0 Å². The zero-order valence-corrected chi connectivity index (χ0v) is 10.9. The Morgan fingerprint density at radius 1 is 1.44 bits per heavy atom. The van der Waals surface area contributed by atoms with Crippen LogP contribution in [0.5, 0.6) is 0 Å². The lowest BCUT2D eigenvalue weighted by molar-refractivity contribution is 0.779. The molecule has 8 heteroatoms. The molecule has 2 rings (SSSR count). The van der Waals surface area contributed by atoms with E-state index in [1.165, 1.54) is 6.33 Å². The summed E-state index contributed by atoms with van der Waals surface area (Å²) in [6.07, 6.45) is 3.23. The first-order valence-electron chi connectivity index (χ1n) is 5.71. The molecular formula is C10H14ClN7. The molecule has 0 aliphatic heterocycles. The van der Waals surface area contributed by atoms with Crippen LogP contribution in [-0.2, 0) is 6.42 Å². The number of hydrogen-bond donors (Lipinski definition) is 2. The van der Waals surface area contributed by atoms with E-state index in [0.29, 0.717) is 16.8 Å². The topological polar surface area (TPSA) is 92.3 Å². The Labute approximate surface area is 109 Å². The number of nitrogens with one attached hydrogen (secondary N) is 2. The second-order valence-electron chi connectivity index (χ2n) is 3.88. The van der Waals surface area contributed by atoms with Gasteiger partial charge in [0.25, 0.3) is 0 Å². The van der Waals surface area contributed by atoms with Crippen LogP contribution in [0.2, 0.25) is 5.15 Å². The zero-order chi connectivity index (χ0) is 13.0. The van der Waals surface area contributed by atoms with Gasteiger partial charge in [0.1, 0.15) is 17.3 Å². The summed E-state index contributed by atoms with van der Waals surface area (Å²) in [4.78, 5) is 8.21. The van der Waals surface area contributed by atoms with E-state index >= 15 is 0 Å². The average Bonchev–Trinajstić information content (AvgIpc) is 2.87. The molecule has 0 radical (unpaired) electrons. The van der Waals surface area contributed by atoms with Gasteiger partial charge in [0.2, 0.25) is 0 Å². The highest BCUT2D eigenvalue weighted by Crippen LogP contribution is 2.24. The number of rotatable bonds is 5. The maximum atomic E-state index is 6.08. The minimum absolute atomic E-state index is 0.106. The van der Waals surface area contributed by atoms with Gasteiger partial charge in [0, 0.05) is 5.56 Å². The van der Waals surface area contributed by atoms with Crippen LogP contribution in [-0.4, -0.2) is 30.6 Å².